The summed E-state index contributed by atoms with van der Waals surface area (Å²) in [4.78, 5) is 2.59. The Hall–Kier alpha value is -0.540. The third-order valence-electron chi connectivity index (χ3n) is 3.72. The van der Waals surface area contributed by atoms with Crippen molar-refractivity contribution >= 4 is 21.6 Å². The molecule has 1 aliphatic rings. The van der Waals surface area contributed by atoms with E-state index >= 15 is 0 Å². The Balaban J connectivity index is 2.13. The summed E-state index contributed by atoms with van der Waals surface area (Å²) in [6.45, 7) is 5.67. The number of nitrogens with zero attached hydrogens (tertiary/aromatic N) is 1. The van der Waals surface area contributed by atoms with E-state index in [0.717, 1.165) is 16.7 Å². The van der Waals surface area contributed by atoms with E-state index in [0.29, 0.717) is 12.1 Å². The smallest absolute Gasteiger partial charge is 0.0328 e. The molecule has 1 saturated heterocycles. The van der Waals surface area contributed by atoms with E-state index in [4.69, 9.17) is 5.73 Å². The Labute approximate surface area is 112 Å². The van der Waals surface area contributed by atoms with Crippen molar-refractivity contribution in [3.63, 3.8) is 0 Å². The maximum atomic E-state index is 5.89. The van der Waals surface area contributed by atoms with E-state index in [1.54, 1.807) is 0 Å². The second-order valence-corrected chi connectivity index (χ2v) is 6.11. The molecule has 0 aromatic heterocycles. The van der Waals surface area contributed by atoms with Gasteiger partial charge in [0, 0.05) is 28.8 Å². The molecule has 3 heteroatoms. The van der Waals surface area contributed by atoms with Crippen LogP contribution in [0.25, 0.3) is 0 Å². The highest BCUT2D eigenvalue weighted by Gasteiger charge is 2.24. The molecule has 1 aromatic carbocycles. The quantitative estimate of drug-likeness (QED) is 0.841. The number of halogens is 1. The summed E-state index contributed by atoms with van der Waals surface area (Å²) >= 11 is 3.51. The zero-order valence-electron chi connectivity index (χ0n) is 10.6. The van der Waals surface area contributed by atoms with Gasteiger partial charge < -0.3 is 5.73 Å². The third kappa shape index (κ3) is 3.23. The molecular formula is C14H21BrN2. The predicted octanol–water partition coefficient (Wildman–Crippen LogP) is 3.79. The van der Waals surface area contributed by atoms with E-state index in [1.807, 2.05) is 6.07 Å². The van der Waals surface area contributed by atoms with Gasteiger partial charge in [-0.1, -0.05) is 22.4 Å². The normalized spacial score (nSPS) is 26.1. The zero-order valence-corrected chi connectivity index (χ0v) is 12.2. The SMILES string of the molecule is CC1CCCC(C)N1Cc1cc(N)cc(Br)c1. The number of anilines is 1. The lowest BCUT2D eigenvalue weighted by molar-refractivity contribution is 0.0953. The molecule has 0 saturated carbocycles. The van der Waals surface area contributed by atoms with E-state index in [2.05, 4.69) is 46.8 Å². The number of nitrogens with two attached hydrogens (primary N) is 1. The van der Waals surface area contributed by atoms with Crippen molar-refractivity contribution in [3.05, 3.63) is 28.2 Å². The highest BCUT2D eigenvalue weighted by atomic mass is 79.9. The fourth-order valence-electron chi connectivity index (χ4n) is 2.76. The van der Waals surface area contributed by atoms with Crippen LogP contribution in [0.3, 0.4) is 0 Å². The van der Waals surface area contributed by atoms with Crippen molar-refractivity contribution in [1.29, 1.82) is 0 Å². The first-order valence-corrected chi connectivity index (χ1v) is 7.16. The fraction of sp³-hybridized carbons (Fsp3) is 0.571. The highest BCUT2D eigenvalue weighted by molar-refractivity contribution is 9.10. The number of likely N-dealkylation sites (tertiary alicyclic amines) is 1. The summed E-state index contributed by atoms with van der Waals surface area (Å²) in [7, 11) is 0. The molecule has 1 heterocycles. The van der Waals surface area contributed by atoms with Crippen LogP contribution in [-0.2, 0) is 6.54 Å². The molecule has 1 aromatic rings. The second kappa shape index (κ2) is 5.40. The van der Waals surface area contributed by atoms with Crippen LogP contribution in [0.4, 0.5) is 5.69 Å². The summed E-state index contributed by atoms with van der Waals surface area (Å²) in [5.74, 6) is 0. The van der Waals surface area contributed by atoms with Gasteiger partial charge >= 0.3 is 0 Å². The van der Waals surface area contributed by atoms with E-state index < -0.39 is 0 Å². The Kier molecular flexibility index (Phi) is 4.10. The van der Waals surface area contributed by atoms with Crippen molar-refractivity contribution < 1.29 is 0 Å². The van der Waals surface area contributed by atoms with Crippen molar-refractivity contribution in [2.45, 2.75) is 51.7 Å². The summed E-state index contributed by atoms with van der Waals surface area (Å²) in [6.07, 6.45) is 3.99. The highest BCUT2D eigenvalue weighted by Crippen LogP contribution is 2.26. The monoisotopic (exact) mass is 296 g/mol. The van der Waals surface area contributed by atoms with Crippen LogP contribution in [0, 0.1) is 0 Å². The average molecular weight is 297 g/mol. The minimum Gasteiger partial charge on any atom is -0.399 e. The number of nitrogen functional groups attached to an aromatic ring is 1. The largest absolute Gasteiger partial charge is 0.399 e. The molecule has 2 N–H and O–H groups in total. The van der Waals surface area contributed by atoms with Gasteiger partial charge in [-0.15, -0.1) is 0 Å². The minimum atomic E-state index is 0.680. The van der Waals surface area contributed by atoms with Gasteiger partial charge in [0.15, 0.2) is 0 Å². The topological polar surface area (TPSA) is 29.3 Å². The fourth-order valence-corrected chi connectivity index (χ4v) is 3.32. The number of piperidine rings is 1. The summed E-state index contributed by atoms with van der Waals surface area (Å²) < 4.78 is 1.07. The first-order chi connectivity index (χ1) is 8.06. The number of rotatable bonds is 2. The lowest BCUT2D eigenvalue weighted by Crippen LogP contribution is -2.42. The maximum Gasteiger partial charge on any atom is 0.0328 e. The van der Waals surface area contributed by atoms with Crippen molar-refractivity contribution in [2.75, 3.05) is 5.73 Å². The third-order valence-corrected chi connectivity index (χ3v) is 4.18. The van der Waals surface area contributed by atoms with Crippen LogP contribution < -0.4 is 5.73 Å². The first-order valence-electron chi connectivity index (χ1n) is 6.37. The van der Waals surface area contributed by atoms with Gasteiger partial charge in [0.2, 0.25) is 0 Å². The van der Waals surface area contributed by atoms with E-state index in [1.165, 1.54) is 24.8 Å². The van der Waals surface area contributed by atoms with Gasteiger partial charge in [0.25, 0.3) is 0 Å². The molecule has 1 fully saturated rings. The molecule has 2 atom stereocenters. The Morgan fingerprint density at radius 1 is 1.24 bits per heavy atom. The van der Waals surface area contributed by atoms with Gasteiger partial charge in [-0.2, -0.15) is 0 Å². The lowest BCUT2D eigenvalue weighted by Gasteiger charge is -2.39. The predicted molar refractivity (Wildman–Crippen MR) is 76.9 cm³/mol. The summed E-state index contributed by atoms with van der Waals surface area (Å²) in [6, 6.07) is 7.56. The molecule has 0 spiro atoms. The summed E-state index contributed by atoms with van der Waals surface area (Å²) in [5.41, 5.74) is 8.03. The molecule has 94 valence electrons. The molecule has 17 heavy (non-hydrogen) atoms. The summed E-state index contributed by atoms with van der Waals surface area (Å²) in [5, 5.41) is 0. The van der Waals surface area contributed by atoms with Crippen LogP contribution >= 0.6 is 15.9 Å². The van der Waals surface area contributed by atoms with E-state index in [9.17, 15) is 0 Å². The minimum absolute atomic E-state index is 0.680. The van der Waals surface area contributed by atoms with Gasteiger partial charge in [0.1, 0.15) is 0 Å². The number of hydrogen-bond acceptors (Lipinski definition) is 2. The van der Waals surface area contributed by atoms with Gasteiger partial charge in [0.05, 0.1) is 0 Å². The maximum absolute atomic E-state index is 5.89. The number of hydrogen-bond donors (Lipinski definition) is 1. The zero-order chi connectivity index (χ0) is 12.4. The Morgan fingerprint density at radius 2 is 1.88 bits per heavy atom. The van der Waals surface area contributed by atoms with Crippen molar-refractivity contribution in [3.8, 4) is 0 Å². The standard InChI is InChI=1S/C14H21BrN2/c1-10-4-3-5-11(2)17(10)9-12-6-13(15)8-14(16)7-12/h6-8,10-11H,3-5,9,16H2,1-2H3. The first kappa shape index (κ1) is 12.9. The Bertz CT molecular complexity index is 362. The average Bonchev–Trinajstić information content (AvgIpc) is 2.22. The number of benzene rings is 1. The molecule has 1 aliphatic heterocycles. The lowest BCUT2D eigenvalue weighted by atomic mass is 9.97. The van der Waals surface area contributed by atoms with Crippen LogP contribution in [0.1, 0.15) is 38.7 Å². The Morgan fingerprint density at radius 3 is 2.47 bits per heavy atom. The van der Waals surface area contributed by atoms with Gasteiger partial charge in [-0.05, 0) is 50.5 Å². The molecule has 2 nitrogen and oxygen atoms in total. The molecule has 0 bridgehead atoms. The van der Waals surface area contributed by atoms with Crippen LogP contribution in [0.2, 0.25) is 0 Å². The van der Waals surface area contributed by atoms with E-state index in [-0.39, 0.29) is 0 Å². The van der Waals surface area contributed by atoms with Crippen molar-refractivity contribution in [2.24, 2.45) is 0 Å². The van der Waals surface area contributed by atoms with Crippen LogP contribution in [0.15, 0.2) is 22.7 Å². The molecule has 2 unspecified atom stereocenters. The molecule has 2 rings (SSSR count). The molecule has 0 amide bonds. The molecule has 0 radical (unpaired) electrons. The van der Waals surface area contributed by atoms with Crippen LogP contribution in [0.5, 0.6) is 0 Å². The van der Waals surface area contributed by atoms with Gasteiger partial charge in [-0.3, -0.25) is 4.90 Å². The van der Waals surface area contributed by atoms with Crippen molar-refractivity contribution in [1.82, 2.24) is 4.90 Å². The molecular weight excluding hydrogens is 276 g/mol. The van der Waals surface area contributed by atoms with Gasteiger partial charge in [-0.25, -0.2) is 0 Å². The second-order valence-electron chi connectivity index (χ2n) is 5.19. The molecule has 0 aliphatic carbocycles. The van der Waals surface area contributed by atoms with Crippen LogP contribution in [-0.4, -0.2) is 17.0 Å².